The van der Waals surface area contributed by atoms with Gasteiger partial charge in [0.25, 0.3) is 5.91 Å². The van der Waals surface area contributed by atoms with Crippen LogP contribution in [0.5, 0.6) is 0 Å². The Balaban J connectivity index is 3.16. The van der Waals surface area contributed by atoms with Crippen LogP contribution in [0.4, 0.5) is 13.2 Å². The van der Waals surface area contributed by atoms with E-state index >= 15 is 0 Å². The summed E-state index contributed by atoms with van der Waals surface area (Å²) in [4.78, 5) is 13.0. The smallest absolute Gasteiger partial charge is 0.395 e. The van der Waals surface area contributed by atoms with Crippen molar-refractivity contribution in [2.45, 2.75) is 32.4 Å². The molecule has 3 nitrogen and oxygen atoms in total. The van der Waals surface area contributed by atoms with Crippen molar-refractivity contribution in [3.8, 4) is 0 Å². The fourth-order valence-electron chi connectivity index (χ4n) is 2.08. The molecular formula is C15H20F3NO2. The number of hydrogen-bond donors (Lipinski definition) is 1. The van der Waals surface area contributed by atoms with Crippen LogP contribution in [0.25, 0.3) is 0 Å². The summed E-state index contributed by atoms with van der Waals surface area (Å²) in [5.41, 5.74) is 0.554. The molecule has 0 unspecified atom stereocenters. The van der Waals surface area contributed by atoms with E-state index in [1.807, 2.05) is 20.8 Å². The van der Waals surface area contributed by atoms with E-state index in [9.17, 15) is 18.0 Å². The van der Waals surface area contributed by atoms with E-state index in [2.05, 4.69) is 0 Å². The summed E-state index contributed by atoms with van der Waals surface area (Å²) in [6.07, 6.45) is -4.50. The van der Waals surface area contributed by atoms with Gasteiger partial charge in [-0.3, -0.25) is 4.79 Å². The van der Waals surface area contributed by atoms with Gasteiger partial charge in [0.2, 0.25) is 0 Å². The van der Waals surface area contributed by atoms with Crippen LogP contribution in [-0.2, 0) is 5.41 Å². The Labute approximate surface area is 122 Å². The summed E-state index contributed by atoms with van der Waals surface area (Å²) < 4.78 is 37.7. The molecule has 0 fully saturated rings. The molecule has 0 radical (unpaired) electrons. The van der Waals surface area contributed by atoms with Crippen molar-refractivity contribution in [1.29, 1.82) is 0 Å². The Morgan fingerprint density at radius 2 is 1.76 bits per heavy atom. The number of aliphatic hydroxyl groups excluding tert-OH is 1. The lowest BCUT2D eigenvalue weighted by atomic mass is 9.83. The first-order valence-electron chi connectivity index (χ1n) is 6.62. The standard InChI is InChI=1S/C15H20F3NO2/c1-14(2,3)12-7-5-4-6-11(12)13(21)19(8-9-20)10-15(16,17)18/h4-7,20H,8-10H2,1-3H3. The minimum Gasteiger partial charge on any atom is -0.395 e. The number of nitrogens with zero attached hydrogens (tertiary/aromatic N) is 1. The summed E-state index contributed by atoms with van der Waals surface area (Å²) in [7, 11) is 0. The second-order valence-corrected chi connectivity index (χ2v) is 5.86. The lowest BCUT2D eigenvalue weighted by Crippen LogP contribution is -2.41. The first kappa shape index (κ1) is 17.5. The van der Waals surface area contributed by atoms with E-state index in [4.69, 9.17) is 5.11 Å². The summed E-state index contributed by atoms with van der Waals surface area (Å²) >= 11 is 0. The Kier molecular flexibility index (Phi) is 5.39. The van der Waals surface area contributed by atoms with Crippen LogP contribution in [0.2, 0.25) is 0 Å². The van der Waals surface area contributed by atoms with Crippen LogP contribution in [0.15, 0.2) is 24.3 Å². The van der Waals surface area contributed by atoms with Crippen LogP contribution < -0.4 is 0 Å². The molecule has 6 heteroatoms. The molecule has 0 aromatic heterocycles. The third-order valence-corrected chi connectivity index (χ3v) is 2.99. The molecule has 0 saturated heterocycles. The molecular weight excluding hydrogens is 283 g/mol. The Hall–Kier alpha value is -1.56. The summed E-state index contributed by atoms with van der Waals surface area (Å²) in [6.45, 7) is 3.43. The van der Waals surface area contributed by atoms with Crippen molar-refractivity contribution >= 4 is 5.91 Å². The number of rotatable bonds is 4. The van der Waals surface area contributed by atoms with E-state index in [0.717, 1.165) is 0 Å². The second-order valence-electron chi connectivity index (χ2n) is 5.86. The number of amides is 1. The molecule has 0 bridgehead atoms. The van der Waals surface area contributed by atoms with Gasteiger partial charge in [0.05, 0.1) is 6.61 Å². The predicted octanol–water partition coefficient (Wildman–Crippen LogP) is 2.98. The van der Waals surface area contributed by atoms with E-state index in [-0.39, 0.29) is 17.5 Å². The van der Waals surface area contributed by atoms with E-state index in [1.54, 1.807) is 18.2 Å². The molecule has 1 aromatic rings. The maximum atomic E-state index is 12.6. The quantitative estimate of drug-likeness (QED) is 0.929. The average Bonchev–Trinajstić information content (AvgIpc) is 2.35. The lowest BCUT2D eigenvalue weighted by Gasteiger charge is -2.27. The molecule has 1 rings (SSSR count). The SMILES string of the molecule is CC(C)(C)c1ccccc1C(=O)N(CCO)CC(F)(F)F. The molecule has 0 heterocycles. The fraction of sp³-hybridized carbons (Fsp3) is 0.533. The van der Waals surface area contributed by atoms with Crippen molar-refractivity contribution < 1.29 is 23.1 Å². The zero-order valence-electron chi connectivity index (χ0n) is 12.4. The van der Waals surface area contributed by atoms with Gasteiger partial charge in [0.15, 0.2) is 0 Å². The number of alkyl halides is 3. The van der Waals surface area contributed by atoms with Gasteiger partial charge in [0, 0.05) is 12.1 Å². The molecule has 0 aliphatic heterocycles. The predicted molar refractivity (Wildman–Crippen MR) is 74.2 cm³/mol. The summed E-state index contributed by atoms with van der Waals surface area (Å²) in [5.74, 6) is -0.716. The van der Waals surface area contributed by atoms with Crippen LogP contribution in [0.1, 0.15) is 36.7 Å². The van der Waals surface area contributed by atoms with Crippen molar-refractivity contribution in [3.63, 3.8) is 0 Å². The molecule has 1 amide bonds. The zero-order chi connectivity index (χ0) is 16.3. The van der Waals surface area contributed by atoms with Gasteiger partial charge in [-0.2, -0.15) is 13.2 Å². The molecule has 1 N–H and O–H groups in total. The highest BCUT2D eigenvalue weighted by atomic mass is 19.4. The first-order valence-corrected chi connectivity index (χ1v) is 6.62. The normalized spacial score (nSPS) is 12.3. The summed E-state index contributed by atoms with van der Waals surface area (Å²) in [5, 5.41) is 8.90. The second kappa shape index (κ2) is 6.47. The van der Waals surface area contributed by atoms with Crippen molar-refractivity contribution in [1.82, 2.24) is 4.90 Å². The molecule has 21 heavy (non-hydrogen) atoms. The van der Waals surface area contributed by atoms with Crippen molar-refractivity contribution in [2.24, 2.45) is 0 Å². The van der Waals surface area contributed by atoms with Gasteiger partial charge in [-0.05, 0) is 17.0 Å². The third kappa shape index (κ3) is 5.04. The van der Waals surface area contributed by atoms with Gasteiger partial charge in [-0.15, -0.1) is 0 Å². The van der Waals surface area contributed by atoms with E-state index < -0.39 is 25.2 Å². The molecule has 0 aliphatic carbocycles. The molecule has 118 valence electrons. The molecule has 0 aliphatic rings. The maximum absolute atomic E-state index is 12.6. The van der Waals surface area contributed by atoms with Gasteiger partial charge < -0.3 is 10.0 Å². The Morgan fingerprint density at radius 1 is 1.19 bits per heavy atom. The van der Waals surface area contributed by atoms with Crippen molar-refractivity contribution in [3.05, 3.63) is 35.4 Å². The van der Waals surface area contributed by atoms with E-state index in [0.29, 0.717) is 10.5 Å². The van der Waals surface area contributed by atoms with Crippen LogP contribution in [0, 0.1) is 0 Å². The molecule has 0 spiro atoms. The minimum absolute atomic E-state index is 0.239. The van der Waals surface area contributed by atoms with Crippen LogP contribution in [-0.4, -0.2) is 41.8 Å². The Morgan fingerprint density at radius 3 is 2.24 bits per heavy atom. The van der Waals surface area contributed by atoms with Gasteiger partial charge >= 0.3 is 6.18 Å². The highest BCUT2D eigenvalue weighted by Crippen LogP contribution is 2.27. The maximum Gasteiger partial charge on any atom is 0.406 e. The van der Waals surface area contributed by atoms with Gasteiger partial charge in [-0.25, -0.2) is 0 Å². The topological polar surface area (TPSA) is 40.5 Å². The summed E-state index contributed by atoms with van der Waals surface area (Å²) in [6, 6.07) is 6.62. The van der Waals surface area contributed by atoms with Gasteiger partial charge in [0.1, 0.15) is 6.54 Å². The van der Waals surface area contributed by atoms with E-state index in [1.165, 1.54) is 6.07 Å². The number of benzene rings is 1. The molecule has 1 aromatic carbocycles. The first-order chi connectivity index (χ1) is 9.56. The van der Waals surface area contributed by atoms with Crippen LogP contribution in [0.3, 0.4) is 0 Å². The highest BCUT2D eigenvalue weighted by Gasteiger charge is 2.34. The number of carbonyl (C=O) groups excluding carboxylic acids is 1. The number of carbonyl (C=O) groups is 1. The monoisotopic (exact) mass is 303 g/mol. The van der Waals surface area contributed by atoms with Crippen LogP contribution >= 0.6 is 0 Å². The largest absolute Gasteiger partial charge is 0.406 e. The average molecular weight is 303 g/mol. The lowest BCUT2D eigenvalue weighted by molar-refractivity contribution is -0.141. The molecule has 0 saturated carbocycles. The molecule has 0 atom stereocenters. The number of hydrogen-bond acceptors (Lipinski definition) is 2. The fourth-order valence-corrected chi connectivity index (χ4v) is 2.08. The zero-order valence-corrected chi connectivity index (χ0v) is 12.4. The van der Waals surface area contributed by atoms with Gasteiger partial charge in [-0.1, -0.05) is 39.0 Å². The third-order valence-electron chi connectivity index (χ3n) is 2.99. The highest BCUT2D eigenvalue weighted by molar-refractivity contribution is 5.96. The van der Waals surface area contributed by atoms with Crippen molar-refractivity contribution in [2.75, 3.05) is 19.7 Å². The minimum atomic E-state index is -4.50. The Bertz CT molecular complexity index is 492. The number of aliphatic hydroxyl groups is 1. The number of halogens is 3.